The van der Waals surface area contributed by atoms with Gasteiger partial charge in [-0.2, -0.15) is 0 Å². The van der Waals surface area contributed by atoms with Crippen molar-refractivity contribution in [1.82, 2.24) is 5.32 Å². The van der Waals surface area contributed by atoms with Gasteiger partial charge in [0, 0.05) is 13.0 Å². The number of carbonyl (C=O) groups excluding carboxylic acids is 1. The first-order chi connectivity index (χ1) is 10.3. The number of ether oxygens (including phenoxy) is 1. The number of carboxylic acid groups (broad SMARTS) is 1. The molecule has 1 amide bonds. The molecule has 5 nitrogen and oxygen atoms in total. The van der Waals surface area contributed by atoms with E-state index in [1.54, 1.807) is 19.1 Å². The molecule has 1 aromatic rings. The van der Waals surface area contributed by atoms with Crippen LogP contribution in [0.4, 0.5) is 4.39 Å². The molecule has 0 aliphatic carbocycles. The second-order valence-corrected chi connectivity index (χ2v) is 5.63. The molecule has 122 valence electrons. The van der Waals surface area contributed by atoms with E-state index >= 15 is 0 Å². The maximum absolute atomic E-state index is 13.1. The van der Waals surface area contributed by atoms with E-state index in [2.05, 4.69) is 5.32 Å². The SMILES string of the molecule is COCC(C)(NC(=O)C(C)CCc1cccc(F)c1)C(=O)O. The van der Waals surface area contributed by atoms with Gasteiger partial charge in [0.25, 0.3) is 0 Å². The fourth-order valence-corrected chi connectivity index (χ4v) is 2.04. The van der Waals surface area contributed by atoms with E-state index in [1.165, 1.54) is 26.2 Å². The molecule has 0 saturated carbocycles. The Bertz CT molecular complexity index is 535. The maximum Gasteiger partial charge on any atom is 0.331 e. The van der Waals surface area contributed by atoms with Gasteiger partial charge >= 0.3 is 5.97 Å². The first-order valence-electron chi connectivity index (χ1n) is 7.07. The van der Waals surface area contributed by atoms with E-state index in [4.69, 9.17) is 4.74 Å². The fraction of sp³-hybridized carbons (Fsp3) is 0.500. The lowest BCUT2D eigenvalue weighted by Gasteiger charge is -2.27. The van der Waals surface area contributed by atoms with Crippen LogP contribution in [0, 0.1) is 11.7 Å². The Morgan fingerprint density at radius 1 is 1.45 bits per heavy atom. The van der Waals surface area contributed by atoms with E-state index in [1.807, 2.05) is 0 Å². The predicted molar refractivity (Wildman–Crippen MR) is 79.9 cm³/mol. The van der Waals surface area contributed by atoms with Crippen LogP contribution >= 0.6 is 0 Å². The Kier molecular flexibility index (Phi) is 6.49. The molecule has 1 rings (SSSR count). The average Bonchev–Trinajstić information content (AvgIpc) is 2.44. The van der Waals surface area contributed by atoms with Crippen molar-refractivity contribution in [3.63, 3.8) is 0 Å². The van der Waals surface area contributed by atoms with Gasteiger partial charge in [0.05, 0.1) is 6.61 Å². The number of carbonyl (C=O) groups is 2. The number of methoxy groups -OCH3 is 1. The molecule has 0 aromatic heterocycles. The molecular formula is C16H22FNO4. The molecule has 0 spiro atoms. The zero-order valence-electron chi connectivity index (χ0n) is 13.1. The number of halogens is 1. The second-order valence-electron chi connectivity index (χ2n) is 5.63. The molecule has 2 atom stereocenters. The zero-order chi connectivity index (χ0) is 16.8. The normalized spacial score (nSPS) is 14.9. The Labute approximate surface area is 129 Å². The number of hydrogen-bond donors (Lipinski definition) is 2. The van der Waals surface area contributed by atoms with Crippen molar-refractivity contribution in [1.29, 1.82) is 0 Å². The largest absolute Gasteiger partial charge is 0.479 e. The van der Waals surface area contributed by atoms with Gasteiger partial charge < -0.3 is 15.2 Å². The van der Waals surface area contributed by atoms with Gasteiger partial charge in [-0.15, -0.1) is 0 Å². The lowest BCUT2D eigenvalue weighted by Crippen LogP contribution is -2.56. The van der Waals surface area contributed by atoms with Crippen LogP contribution < -0.4 is 5.32 Å². The number of carboxylic acids is 1. The highest BCUT2D eigenvalue weighted by Gasteiger charge is 2.35. The van der Waals surface area contributed by atoms with Crippen molar-refractivity contribution >= 4 is 11.9 Å². The fourth-order valence-electron chi connectivity index (χ4n) is 2.04. The van der Waals surface area contributed by atoms with Crippen LogP contribution in [0.5, 0.6) is 0 Å². The number of nitrogens with one attached hydrogen (secondary N) is 1. The van der Waals surface area contributed by atoms with E-state index in [9.17, 15) is 19.1 Å². The lowest BCUT2D eigenvalue weighted by molar-refractivity contribution is -0.149. The molecule has 22 heavy (non-hydrogen) atoms. The summed E-state index contributed by atoms with van der Waals surface area (Å²) in [5, 5.41) is 11.7. The van der Waals surface area contributed by atoms with Crippen LogP contribution in [0.3, 0.4) is 0 Å². The molecule has 0 aliphatic rings. The third-order valence-corrected chi connectivity index (χ3v) is 3.51. The molecule has 0 heterocycles. The van der Waals surface area contributed by atoms with Gasteiger partial charge in [-0.25, -0.2) is 9.18 Å². The van der Waals surface area contributed by atoms with Gasteiger partial charge in [0.15, 0.2) is 5.54 Å². The molecule has 0 radical (unpaired) electrons. The summed E-state index contributed by atoms with van der Waals surface area (Å²) < 4.78 is 17.9. The first kappa shape index (κ1) is 18.1. The Balaban J connectivity index is 2.59. The summed E-state index contributed by atoms with van der Waals surface area (Å²) >= 11 is 0. The molecular weight excluding hydrogens is 289 g/mol. The highest BCUT2D eigenvalue weighted by atomic mass is 19.1. The Morgan fingerprint density at radius 3 is 2.68 bits per heavy atom. The van der Waals surface area contributed by atoms with Crippen LogP contribution in [-0.2, 0) is 20.7 Å². The molecule has 0 aliphatic heterocycles. The highest BCUT2D eigenvalue weighted by molar-refractivity contribution is 5.87. The van der Waals surface area contributed by atoms with Gasteiger partial charge in [-0.1, -0.05) is 19.1 Å². The minimum Gasteiger partial charge on any atom is -0.479 e. The first-order valence-corrected chi connectivity index (χ1v) is 7.07. The summed E-state index contributed by atoms with van der Waals surface area (Å²) in [6.07, 6.45) is 1.04. The molecule has 0 saturated heterocycles. The average molecular weight is 311 g/mol. The number of benzene rings is 1. The maximum atomic E-state index is 13.1. The van der Waals surface area contributed by atoms with Gasteiger partial charge in [-0.3, -0.25) is 4.79 Å². The molecule has 6 heteroatoms. The predicted octanol–water partition coefficient (Wildman–Crippen LogP) is 2.00. The highest BCUT2D eigenvalue weighted by Crippen LogP contribution is 2.13. The number of hydrogen-bond acceptors (Lipinski definition) is 3. The van der Waals surface area contributed by atoms with Gasteiger partial charge in [0.1, 0.15) is 5.82 Å². The lowest BCUT2D eigenvalue weighted by atomic mass is 9.97. The quantitative estimate of drug-likeness (QED) is 0.770. The number of aliphatic carboxylic acids is 1. The smallest absolute Gasteiger partial charge is 0.331 e. The Hall–Kier alpha value is -1.95. The monoisotopic (exact) mass is 311 g/mol. The van der Waals surface area contributed by atoms with Gasteiger partial charge in [-0.05, 0) is 37.5 Å². The van der Waals surface area contributed by atoms with Crippen molar-refractivity contribution in [3.8, 4) is 0 Å². The summed E-state index contributed by atoms with van der Waals surface area (Å²) in [4.78, 5) is 23.4. The van der Waals surface area contributed by atoms with E-state index in [0.717, 1.165) is 5.56 Å². The standard InChI is InChI=1S/C16H22FNO4/c1-11(7-8-12-5-4-6-13(17)9-12)14(19)18-16(2,10-22-3)15(20)21/h4-6,9,11H,7-8,10H2,1-3H3,(H,18,19)(H,20,21). The molecule has 0 fully saturated rings. The minimum absolute atomic E-state index is 0.120. The van der Waals surface area contributed by atoms with Crippen molar-refractivity contribution < 1.29 is 23.8 Å². The van der Waals surface area contributed by atoms with E-state index in [0.29, 0.717) is 12.8 Å². The summed E-state index contributed by atoms with van der Waals surface area (Å²) in [5.74, 6) is -2.22. The van der Waals surface area contributed by atoms with Crippen LogP contribution in [-0.4, -0.2) is 36.2 Å². The summed E-state index contributed by atoms with van der Waals surface area (Å²) in [6.45, 7) is 2.99. The van der Waals surface area contributed by atoms with Crippen molar-refractivity contribution in [3.05, 3.63) is 35.6 Å². The number of amides is 1. The van der Waals surface area contributed by atoms with Crippen LogP contribution in [0.25, 0.3) is 0 Å². The molecule has 1 aromatic carbocycles. The van der Waals surface area contributed by atoms with Crippen LogP contribution in [0.2, 0.25) is 0 Å². The zero-order valence-corrected chi connectivity index (χ0v) is 13.1. The summed E-state index contributed by atoms with van der Waals surface area (Å²) in [5.41, 5.74) is -0.656. The Morgan fingerprint density at radius 2 is 2.14 bits per heavy atom. The summed E-state index contributed by atoms with van der Waals surface area (Å²) in [7, 11) is 1.38. The number of aryl methyl sites for hydroxylation is 1. The summed E-state index contributed by atoms with van der Waals surface area (Å²) in [6, 6.07) is 6.20. The topological polar surface area (TPSA) is 75.6 Å². The molecule has 0 bridgehead atoms. The minimum atomic E-state index is -1.46. The van der Waals surface area contributed by atoms with E-state index in [-0.39, 0.29) is 18.3 Å². The third-order valence-electron chi connectivity index (χ3n) is 3.51. The van der Waals surface area contributed by atoms with Crippen LogP contribution in [0.1, 0.15) is 25.8 Å². The molecule has 2 N–H and O–H groups in total. The molecule has 2 unspecified atom stereocenters. The third kappa shape index (κ3) is 5.11. The number of rotatable bonds is 8. The van der Waals surface area contributed by atoms with Crippen LogP contribution in [0.15, 0.2) is 24.3 Å². The van der Waals surface area contributed by atoms with E-state index < -0.39 is 17.4 Å². The van der Waals surface area contributed by atoms with Crippen molar-refractivity contribution in [2.24, 2.45) is 5.92 Å². The van der Waals surface area contributed by atoms with Gasteiger partial charge in [0.2, 0.25) is 5.91 Å². The second kappa shape index (κ2) is 7.89. The van der Waals surface area contributed by atoms with Crippen molar-refractivity contribution in [2.45, 2.75) is 32.2 Å². The van der Waals surface area contributed by atoms with Crippen molar-refractivity contribution in [2.75, 3.05) is 13.7 Å².